The molecule has 0 saturated heterocycles. The summed E-state index contributed by atoms with van der Waals surface area (Å²) in [4.78, 5) is 0. The minimum absolute atomic E-state index is 0.181. The zero-order valence-corrected chi connectivity index (χ0v) is 11.5. The molecule has 0 amide bonds. The molecule has 0 unspecified atom stereocenters. The minimum Gasteiger partial charge on any atom is -0.491 e. The average Bonchev–Trinajstić information content (AvgIpc) is 2.42. The highest BCUT2D eigenvalue weighted by atomic mass is 16.5. The van der Waals surface area contributed by atoms with Crippen LogP contribution in [0.5, 0.6) is 5.75 Å². The lowest BCUT2D eigenvalue weighted by Gasteiger charge is -2.05. The van der Waals surface area contributed by atoms with Gasteiger partial charge in [0.25, 0.3) is 0 Å². The Balaban J connectivity index is 2.14. The van der Waals surface area contributed by atoms with Gasteiger partial charge in [-0.05, 0) is 30.5 Å². The maximum absolute atomic E-state index is 10.3. The Morgan fingerprint density at radius 3 is 2.28 bits per heavy atom. The molecule has 1 rings (SSSR count). The van der Waals surface area contributed by atoms with E-state index in [1.807, 2.05) is 12.1 Å². The molecule has 0 heterocycles. The van der Waals surface area contributed by atoms with Crippen molar-refractivity contribution in [2.45, 2.75) is 51.9 Å². The summed E-state index contributed by atoms with van der Waals surface area (Å²) in [6.45, 7) is 2.33. The summed E-state index contributed by atoms with van der Waals surface area (Å²) in [5.74, 6) is 0.803. The van der Waals surface area contributed by atoms with Crippen molar-refractivity contribution >= 4 is 0 Å². The van der Waals surface area contributed by atoms with Crippen molar-refractivity contribution in [3.05, 3.63) is 29.8 Å². The van der Waals surface area contributed by atoms with Crippen molar-refractivity contribution in [2.75, 3.05) is 13.2 Å². The molecule has 1 aromatic carbocycles. The zero-order chi connectivity index (χ0) is 13.1. The van der Waals surface area contributed by atoms with Crippen LogP contribution in [-0.4, -0.2) is 13.2 Å². The van der Waals surface area contributed by atoms with Gasteiger partial charge in [0.05, 0.1) is 0 Å². The van der Waals surface area contributed by atoms with Gasteiger partial charge in [0, 0.05) is 0 Å². The highest BCUT2D eigenvalue weighted by molar-refractivity contribution is 5.27. The van der Waals surface area contributed by atoms with Gasteiger partial charge < -0.3 is 4.74 Å². The number of unbranched alkanes of at least 4 members (excludes halogenated alkanes) is 5. The quantitative estimate of drug-likeness (QED) is 0.565. The van der Waals surface area contributed by atoms with Gasteiger partial charge in [0.2, 0.25) is 0 Å². The number of ether oxygens (including phenoxy) is 1. The van der Waals surface area contributed by atoms with Gasteiger partial charge in [0.1, 0.15) is 19.0 Å². The molecular formula is C16H25O2. The lowest BCUT2D eigenvalue weighted by atomic mass is 10.0. The summed E-state index contributed by atoms with van der Waals surface area (Å²) < 4.78 is 5.27. The van der Waals surface area contributed by atoms with Crippen LogP contribution >= 0.6 is 0 Å². The van der Waals surface area contributed by atoms with E-state index in [1.165, 1.54) is 44.1 Å². The summed E-state index contributed by atoms with van der Waals surface area (Å²) >= 11 is 0. The first kappa shape index (κ1) is 15.0. The third-order valence-corrected chi connectivity index (χ3v) is 3.09. The van der Waals surface area contributed by atoms with Gasteiger partial charge >= 0.3 is 0 Å². The van der Waals surface area contributed by atoms with Crippen molar-refractivity contribution < 1.29 is 9.84 Å². The summed E-state index contributed by atoms with van der Waals surface area (Å²) in [6, 6.07) is 8.13. The molecule has 0 fully saturated rings. The fraction of sp³-hybridized carbons (Fsp3) is 0.625. The van der Waals surface area contributed by atoms with Crippen molar-refractivity contribution in [1.82, 2.24) is 0 Å². The van der Waals surface area contributed by atoms with Gasteiger partial charge in [-0.25, -0.2) is 5.11 Å². The molecule has 1 aromatic rings. The third kappa shape index (κ3) is 6.65. The molecule has 0 aromatic heterocycles. The third-order valence-electron chi connectivity index (χ3n) is 3.09. The van der Waals surface area contributed by atoms with Crippen LogP contribution in [0.15, 0.2) is 24.3 Å². The van der Waals surface area contributed by atoms with E-state index in [2.05, 4.69) is 19.1 Å². The molecule has 0 aliphatic rings. The van der Waals surface area contributed by atoms with Crippen LogP contribution < -0.4 is 4.74 Å². The first-order valence-corrected chi connectivity index (χ1v) is 7.16. The van der Waals surface area contributed by atoms with Gasteiger partial charge in [-0.1, -0.05) is 51.2 Å². The fourth-order valence-electron chi connectivity index (χ4n) is 2.02. The highest BCUT2D eigenvalue weighted by Gasteiger charge is 1.96. The Labute approximate surface area is 111 Å². The van der Waals surface area contributed by atoms with Crippen LogP contribution in [0.2, 0.25) is 0 Å². The van der Waals surface area contributed by atoms with Crippen molar-refractivity contribution in [3.8, 4) is 5.75 Å². The Bertz CT molecular complexity index is 292. The number of hydrogen-bond donors (Lipinski definition) is 0. The molecule has 0 atom stereocenters. The van der Waals surface area contributed by atoms with Gasteiger partial charge in [-0.3, -0.25) is 0 Å². The summed E-state index contributed by atoms with van der Waals surface area (Å²) in [7, 11) is 0. The normalized spacial score (nSPS) is 10.6. The first-order chi connectivity index (χ1) is 8.86. The van der Waals surface area contributed by atoms with Gasteiger partial charge in [0.15, 0.2) is 0 Å². The second kappa shape index (κ2) is 9.95. The maximum atomic E-state index is 10.3. The molecule has 0 bridgehead atoms. The molecule has 101 valence electrons. The summed E-state index contributed by atoms with van der Waals surface area (Å²) in [5.41, 5.74) is 1.36. The molecule has 0 N–H and O–H groups in total. The largest absolute Gasteiger partial charge is 0.491 e. The van der Waals surface area contributed by atoms with E-state index in [1.54, 1.807) is 0 Å². The number of hydrogen-bond acceptors (Lipinski definition) is 1. The zero-order valence-electron chi connectivity index (χ0n) is 11.5. The van der Waals surface area contributed by atoms with Gasteiger partial charge in [-0.15, -0.1) is 0 Å². The second-order valence-corrected chi connectivity index (χ2v) is 4.71. The summed E-state index contributed by atoms with van der Waals surface area (Å²) in [6.07, 6.45) is 9.15. The molecule has 2 nitrogen and oxygen atoms in total. The fourth-order valence-corrected chi connectivity index (χ4v) is 2.02. The number of benzene rings is 1. The van der Waals surface area contributed by atoms with Crippen LogP contribution in [0.1, 0.15) is 51.0 Å². The highest BCUT2D eigenvalue weighted by Crippen LogP contribution is 2.15. The molecular weight excluding hydrogens is 224 g/mol. The molecule has 1 radical (unpaired) electrons. The molecule has 0 spiro atoms. The molecule has 0 aliphatic carbocycles. The lowest BCUT2D eigenvalue weighted by Crippen LogP contribution is -2.00. The monoisotopic (exact) mass is 249 g/mol. The number of aryl methyl sites for hydroxylation is 1. The Morgan fingerprint density at radius 1 is 0.944 bits per heavy atom. The molecule has 0 saturated carbocycles. The van der Waals surface area contributed by atoms with E-state index >= 15 is 0 Å². The Kier molecular flexibility index (Phi) is 8.32. The molecule has 0 aliphatic heterocycles. The van der Waals surface area contributed by atoms with E-state index in [-0.39, 0.29) is 13.2 Å². The van der Waals surface area contributed by atoms with E-state index < -0.39 is 0 Å². The van der Waals surface area contributed by atoms with E-state index in [0.717, 1.165) is 12.2 Å². The van der Waals surface area contributed by atoms with Gasteiger partial charge in [-0.2, -0.15) is 0 Å². The van der Waals surface area contributed by atoms with Crippen LogP contribution in [0.3, 0.4) is 0 Å². The van der Waals surface area contributed by atoms with E-state index in [0.29, 0.717) is 0 Å². The van der Waals surface area contributed by atoms with Crippen molar-refractivity contribution in [2.24, 2.45) is 0 Å². The standard InChI is InChI=1S/C16H25O2/c1-2-3-4-5-6-7-8-15-9-11-16(12-10-15)18-14-13-17/h9-12H,2-8,13-14H2,1H3. The van der Waals surface area contributed by atoms with Crippen molar-refractivity contribution in [1.29, 1.82) is 0 Å². The molecule has 18 heavy (non-hydrogen) atoms. The lowest BCUT2D eigenvalue weighted by molar-refractivity contribution is 0.138. The predicted molar refractivity (Wildman–Crippen MR) is 74.6 cm³/mol. The maximum Gasteiger partial charge on any atom is 0.119 e. The Morgan fingerprint density at radius 2 is 1.61 bits per heavy atom. The van der Waals surface area contributed by atoms with E-state index in [4.69, 9.17) is 4.74 Å². The Hall–Kier alpha value is -1.02. The topological polar surface area (TPSA) is 29.1 Å². The first-order valence-electron chi connectivity index (χ1n) is 7.16. The SMILES string of the molecule is CCCCCCCCc1ccc(OCC[O])cc1. The number of rotatable bonds is 10. The van der Waals surface area contributed by atoms with E-state index in [9.17, 15) is 5.11 Å². The summed E-state index contributed by atoms with van der Waals surface area (Å²) in [5, 5.41) is 10.3. The van der Waals surface area contributed by atoms with Crippen LogP contribution in [0, 0.1) is 0 Å². The second-order valence-electron chi connectivity index (χ2n) is 4.71. The van der Waals surface area contributed by atoms with Crippen molar-refractivity contribution in [3.63, 3.8) is 0 Å². The molecule has 2 heteroatoms. The van der Waals surface area contributed by atoms with Crippen LogP contribution in [0.25, 0.3) is 0 Å². The predicted octanol–water partition coefficient (Wildman–Crippen LogP) is 4.40. The smallest absolute Gasteiger partial charge is 0.119 e. The minimum atomic E-state index is -0.181. The average molecular weight is 249 g/mol. The van der Waals surface area contributed by atoms with Crippen LogP contribution in [-0.2, 0) is 11.5 Å². The van der Waals surface area contributed by atoms with Crippen LogP contribution in [0.4, 0.5) is 0 Å².